The molecule has 1 aliphatic heterocycles. The van der Waals surface area contributed by atoms with Crippen LogP contribution in [0.25, 0.3) is 11.0 Å². The fraction of sp³-hybridized carbons (Fsp3) is 0.120. The minimum absolute atomic E-state index is 0.124. The van der Waals surface area contributed by atoms with Crippen molar-refractivity contribution in [2.75, 3.05) is 17.7 Å². The summed E-state index contributed by atoms with van der Waals surface area (Å²) in [4.78, 5) is 29.4. The third-order valence-corrected chi connectivity index (χ3v) is 6.25. The van der Waals surface area contributed by atoms with Gasteiger partial charge >= 0.3 is 0 Å². The van der Waals surface area contributed by atoms with E-state index < -0.39 is 11.0 Å². The summed E-state index contributed by atoms with van der Waals surface area (Å²) in [6, 6.07) is 17.9. The van der Waals surface area contributed by atoms with Crippen LogP contribution >= 0.6 is 11.6 Å². The summed E-state index contributed by atoms with van der Waals surface area (Å²) in [6.07, 6.45) is 0. The van der Waals surface area contributed by atoms with Gasteiger partial charge in [-0.05, 0) is 49.4 Å². The summed E-state index contributed by atoms with van der Waals surface area (Å²) in [5.41, 5.74) is 3.26. The van der Waals surface area contributed by atoms with Gasteiger partial charge in [0.15, 0.2) is 0 Å². The van der Waals surface area contributed by atoms with Gasteiger partial charge in [-0.1, -0.05) is 23.7 Å². The lowest BCUT2D eigenvalue weighted by atomic mass is 9.93. The van der Waals surface area contributed by atoms with Crippen LogP contribution in [0.3, 0.4) is 0 Å². The molecule has 0 bridgehead atoms. The number of nitro benzene ring substituents is 1. The summed E-state index contributed by atoms with van der Waals surface area (Å²) in [5.74, 6) is 0.793. The molecule has 1 unspecified atom stereocenters. The topological polar surface area (TPSA) is 111 Å². The lowest BCUT2D eigenvalue weighted by molar-refractivity contribution is -0.384. The molecule has 5 rings (SSSR count). The van der Waals surface area contributed by atoms with Crippen molar-refractivity contribution in [1.82, 2.24) is 9.55 Å². The number of nitrogens with one attached hydrogen (secondary N) is 2. The number of carbonyl (C=O) groups is 1. The highest BCUT2D eigenvalue weighted by Crippen LogP contribution is 2.42. The predicted octanol–water partition coefficient (Wildman–Crippen LogP) is 5.53. The molecule has 1 atom stereocenters. The molecule has 2 N–H and O–H groups in total. The van der Waals surface area contributed by atoms with Gasteiger partial charge in [0.25, 0.3) is 11.6 Å². The number of nitro groups is 1. The fourth-order valence-electron chi connectivity index (χ4n) is 4.28. The standard InChI is InChI=1S/C25H20ClN5O4/c1-14-22(24(32)28-15-7-10-17(35-2)11-8-15)23(18-13-16(31(33)34)9-12-19(18)26)30-21-6-4-3-5-20(21)29-25(30)27-14/h3-13,23H,1-2H3,(H,27,29)(H,28,32). The number of amides is 1. The average Bonchev–Trinajstić information content (AvgIpc) is 3.21. The smallest absolute Gasteiger partial charge is 0.269 e. The Morgan fingerprint density at radius 2 is 1.91 bits per heavy atom. The van der Waals surface area contributed by atoms with Crippen molar-refractivity contribution in [1.29, 1.82) is 0 Å². The zero-order valence-corrected chi connectivity index (χ0v) is 19.5. The number of hydrogen-bond donors (Lipinski definition) is 2. The second kappa shape index (κ2) is 8.77. The van der Waals surface area contributed by atoms with E-state index in [1.54, 1.807) is 38.3 Å². The van der Waals surface area contributed by atoms with Gasteiger partial charge in [0.2, 0.25) is 5.95 Å². The average molecular weight is 490 g/mol. The van der Waals surface area contributed by atoms with E-state index in [-0.39, 0.29) is 11.6 Å². The van der Waals surface area contributed by atoms with Crippen molar-refractivity contribution in [3.63, 3.8) is 0 Å². The van der Waals surface area contributed by atoms with Crippen LogP contribution in [0.15, 0.2) is 78.0 Å². The molecule has 2 heterocycles. The Labute approximate surface area is 205 Å². The van der Waals surface area contributed by atoms with Crippen molar-refractivity contribution in [2.45, 2.75) is 13.0 Å². The molecule has 35 heavy (non-hydrogen) atoms. The van der Waals surface area contributed by atoms with E-state index >= 15 is 0 Å². The molecule has 176 valence electrons. The Balaban J connectivity index is 1.68. The first-order chi connectivity index (χ1) is 16.9. The Kier molecular flexibility index (Phi) is 5.62. The van der Waals surface area contributed by atoms with Gasteiger partial charge in [-0.3, -0.25) is 19.5 Å². The van der Waals surface area contributed by atoms with Gasteiger partial charge < -0.3 is 15.4 Å². The van der Waals surface area contributed by atoms with Gasteiger partial charge in [-0.15, -0.1) is 0 Å². The van der Waals surface area contributed by atoms with E-state index in [9.17, 15) is 14.9 Å². The number of carbonyl (C=O) groups excluding carboxylic acids is 1. The quantitative estimate of drug-likeness (QED) is 0.281. The summed E-state index contributed by atoms with van der Waals surface area (Å²) in [6.45, 7) is 1.77. The number of aromatic nitrogens is 2. The molecule has 0 saturated heterocycles. The highest BCUT2D eigenvalue weighted by atomic mass is 35.5. The molecule has 3 aromatic carbocycles. The van der Waals surface area contributed by atoms with E-state index in [1.807, 2.05) is 28.8 Å². The van der Waals surface area contributed by atoms with E-state index in [2.05, 4.69) is 15.6 Å². The molecule has 1 amide bonds. The second-order valence-electron chi connectivity index (χ2n) is 8.01. The first kappa shape index (κ1) is 22.4. The molecule has 0 fully saturated rings. The minimum Gasteiger partial charge on any atom is -0.497 e. The van der Waals surface area contributed by atoms with Gasteiger partial charge in [-0.25, -0.2) is 4.98 Å². The van der Waals surface area contributed by atoms with Crippen molar-refractivity contribution in [3.8, 4) is 5.75 Å². The maximum atomic E-state index is 13.7. The van der Waals surface area contributed by atoms with Crippen LogP contribution in [0.1, 0.15) is 18.5 Å². The van der Waals surface area contributed by atoms with Crippen LogP contribution in [0.4, 0.5) is 17.3 Å². The van der Waals surface area contributed by atoms with Crippen LogP contribution in [0, 0.1) is 10.1 Å². The number of hydrogen-bond acceptors (Lipinski definition) is 6. The molecular weight excluding hydrogens is 470 g/mol. The number of allylic oxidation sites excluding steroid dienone is 1. The third-order valence-electron chi connectivity index (χ3n) is 5.91. The number of imidazole rings is 1. The van der Waals surface area contributed by atoms with Gasteiger partial charge in [0.05, 0.1) is 34.7 Å². The number of para-hydroxylation sites is 2. The maximum absolute atomic E-state index is 13.7. The molecule has 0 radical (unpaired) electrons. The number of anilines is 2. The lowest BCUT2D eigenvalue weighted by Crippen LogP contribution is -2.31. The normalized spacial score (nSPS) is 14.9. The second-order valence-corrected chi connectivity index (χ2v) is 8.41. The zero-order valence-electron chi connectivity index (χ0n) is 18.8. The first-order valence-electron chi connectivity index (χ1n) is 10.7. The Bertz CT molecular complexity index is 1510. The molecule has 1 aromatic heterocycles. The number of nitrogens with zero attached hydrogens (tertiary/aromatic N) is 3. The monoisotopic (exact) mass is 489 g/mol. The van der Waals surface area contributed by atoms with Gasteiger partial charge in [-0.2, -0.15) is 0 Å². The van der Waals surface area contributed by atoms with Crippen molar-refractivity contribution in [3.05, 3.63) is 98.7 Å². The highest BCUT2D eigenvalue weighted by Gasteiger charge is 2.36. The molecule has 0 spiro atoms. The highest BCUT2D eigenvalue weighted by molar-refractivity contribution is 6.31. The fourth-order valence-corrected chi connectivity index (χ4v) is 4.50. The zero-order chi connectivity index (χ0) is 24.7. The summed E-state index contributed by atoms with van der Waals surface area (Å²) < 4.78 is 7.03. The number of non-ortho nitro benzene ring substituents is 1. The Morgan fingerprint density at radius 3 is 2.63 bits per heavy atom. The van der Waals surface area contributed by atoms with Crippen LogP contribution < -0.4 is 15.4 Å². The van der Waals surface area contributed by atoms with Crippen molar-refractivity contribution >= 4 is 45.9 Å². The minimum atomic E-state index is -0.760. The molecule has 0 aliphatic carbocycles. The first-order valence-corrected chi connectivity index (χ1v) is 11.1. The molecule has 10 heteroatoms. The van der Waals surface area contributed by atoms with E-state index in [0.29, 0.717) is 44.8 Å². The van der Waals surface area contributed by atoms with E-state index in [1.165, 1.54) is 18.2 Å². The number of fused-ring (bicyclic) bond motifs is 3. The summed E-state index contributed by atoms with van der Waals surface area (Å²) >= 11 is 6.59. The number of ether oxygens (including phenoxy) is 1. The molecular formula is C25H20ClN5O4. The summed E-state index contributed by atoms with van der Waals surface area (Å²) in [5, 5.41) is 18.0. The largest absolute Gasteiger partial charge is 0.497 e. The lowest BCUT2D eigenvalue weighted by Gasteiger charge is -2.31. The Morgan fingerprint density at radius 1 is 1.17 bits per heavy atom. The van der Waals surface area contributed by atoms with E-state index in [4.69, 9.17) is 16.3 Å². The molecule has 9 nitrogen and oxygen atoms in total. The van der Waals surface area contributed by atoms with Gasteiger partial charge in [0, 0.05) is 34.1 Å². The number of rotatable bonds is 5. The van der Waals surface area contributed by atoms with Crippen molar-refractivity contribution in [2.24, 2.45) is 0 Å². The number of methoxy groups -OCH3 is 1. The SMILES string of the molecule is COc1ccc(NC(=O)C2=C(C)Nc3nc4ccccc4n3C2c2cc([N+](=O)[O-])ccc2Cl)cc1. The van der Waals surface area contributed by atoms with Crippen LogP contribution in [-0.4, -0.2) is 27.5 Å². The van der Waals surface area contributed by atoms with Crippen LogP contribution in [0.5, 0.6) is 5.75 Å². The Hall–Kier alpha value is -4.37. The maximum Gasteiger partial charge on any atom is 0.269 e. The molecule has 0 saturated carbocycles. The van der Waals surface area contributed by atoms with E-state index in [0.717, 1.165) is 5.52 Å². The molecule has 4 aromatic rings. The molecule has 1 aliphatic rings. The predicted molar refractivity (Wildman–Crippen MR) is 134 cm³/mol. The van der Waals surface area contributed by atoms with Crippen LogP contribution in [0.2, 0.25) is 5.02 Å². The number of benzene rings is 3. The summed E-state index contributed by atoms with van der Waals surface area (Å²) in [7, 11) is 1.57. The van der Waals surface area contributed by atoms with Crippen LogP contribution in [-0.2, 0) is 4.79 Å². The third kappa shape index (κ3) is 3.95. The number of halogens is 1. The van der Waals surface area contributed by atoms with Gasteiger partial charge in [0.1, 0.15) is 5.75 Å². The van der Waals surface area contributed by atoms with Crippen molar-refractivity contribution < 1.29 is 14.5 Å².